The second kappa shape index (κ2) is 9.20. The summed E-state index contributed by atoms with van der Waals surface area (Å²) in [5.74, 6) is 0.742. The minimum atomic E-state index is -0.0761. The zero-order valence-electron chi connectivity index (χ0n) is 14.5. The van der Waals surface area contributed by atoms with Crippen molar-refractivity contribution >= 4 is 34.2 Å². The smallest absolute Gasteiger partial charge is 0.220 e. The fraction of sp³-hybridized carbons (Fsp3) is 0.182. The van der Waals surface area contributed by atoms with Crippen molar-refractivity contribution in [3.8, 4) is 0 Å². The Hall–Kier alpha value is -2.59. The van der Waals surface area contributed by atoms with Crippen molar-refractivity contribution in [2.45, 2.75) is 17.7 Å². The molecule has 0 aliphatic rings. The molecule has 0 bridgehead atoms. The summed E-state index contributed by atoms with van der Waals surface area (Å²) in [5.41, 5.74) is 0.663. The monoisotopic (exact) mass is 363 g/mol. The van der Waals surface area contributed by atoms with E-state index in [0.717, 1.165) is 16.5 Å². The third-order valence-electron chi connectivity index (χ3n) is 4.09. The van der Waals surface area contributed by atoms with E-state index in [9.17, 15) is 9.59 Å². The van der Waals surface area contributed by atoms with E-state index in [-0.39, 0.29) is 24.5 Å². The second-order valence-electron chi connectivity index (χ2n) is 6.00. The lowest BCUT2D eigenvalue weighted by molar-refractivity contribution is -0.120. The molecule has 0 saturated heterocycles. The Bertz CT molecular complexity index is 893. The SMILES string of the molecule is O=C(CCC(=O)c1ccc2ccccc2c1)NCCSc1ccccc1. The molecule has 3 nitrogen and oxygen atoms in total. The molecule has 0 aliphatic carbocycles. The summed E-state index contributed by atoms with van der Waals surface area (Å²) in [4.78, 5) is 25.4. The molecule has 4 heteroatoms. The summed E-state index contributed by atoms with van der Waals surface area (Å²) < 4.78 is 0. The van der Waals surface area contributed by atoms with Crippen LogP contribution in [-0.4, -0.2) is 24.0 Å². The molecule has 1 N–H and O–H groups in total. The predicted octanol–water partition coefficient (Wildman–Crippen LogP) is 4.71. The van der Waals surface area contributed by atoms with Crippen LogP contribution in [0.15, 0.2) is 77.7 Å². The maximum absolute atomic E-state index is 12.3. The highest BCUT2D eigenvalue weighted by molar-refractivity contribution is 7.99. The van der Waals surface area contributed by atoms with Crippen molar-refractivity contribution in [3.63, 3.8) is 0 Å². The van der Waals surface area contributed by atoms with Gasteiger partial charge in [-0.15, -0.1) is 11.8 Å². The van der Waals surface area contributed by atoms with Gasteiger partial charge in [0.25, 0.3) is 0 Å². The Morgan fingerprint density at radius 3 is 2.35 bits per heavy atom. The molecule has 0 aliphatic heterocycles. The van der Waals surface area contributed by atoms with Gasteiger partial charge in [-0.3, -0.25) is 9.59 Å². The molecule has 26 heavy (non-hydrogen) atoms. The van der Waals surface area contributed by atoms with E-state index in [0.29, 0.717) is 12.1 Å². The number of fused-ring (bicyclic) bond motifs is 1. The van der Waals surface area contributed by atoms with Gasteiger partial charge in [0.1, 0.15) is 0 Å². The molecule has 3 aromatic carbocycles. The van der Waals surface area contributed by atoms with Crippen molar-refractivity contribution in [1.29, 1.82) is 0 Å². The van der Waals surface area contributed by atoms with Crippen molar-refractivity contribution in [1.82, 2.24) is 5.32 Å². The topological polar surface area (TPSA) is 46.2 Å². The summed E-state index contributed by atoms with van der Waals surface area (Å²) in [6.45, 7) is 0.600. The first kappa shape index (κ1) is 18.2. The molecular formula is C22H21NO2S. The molecule has 0 spiro atoms. The molecular weight excluding hydrogens is 342 g/mol. The Labute approximate surface area is 157 Å². The van der Waals surface area contributed by atoms with Crippen molar-refractivity contribution in [3.05, 3.63) is 78.4 Å². The Morgan fingerprint density at radius 1 is 0.808 bits per heavy atom. The lowest BCUT2D eigenvalue weighted by Crippen LogP contribution is -2.26. The molecule has 0 heterocycles. The quantitative estimate of drug-likeness (QED) is 0.358. The van der Waals surface area contributed by atoms with E-state index in [1.807, 2.05) is 60.7 Å². The van der Waals surface area contributed by atoms with Gasteiger partial charge in [0.15, 0.2) is 5.78 Å². The summed E-state index contributed by atoms with van der Waals surface area (Å²) in [6.07, 6.45) is 0.456. The predicted molar refractivity (Wildman–Crippen MR) is 108 cm³/mol. The Balaban J connectivity index is 1.41. The van der Waals surface area contributed by atoms with Crippen LogP contribution in [0.1, 0.15) is 23.2 Å². The first-order valence-electron chi connectivity index (χ1n) is 8.69. The maximum atomic E-state index is 12.3. The summed E-state index contributed by atoms with van der Waals surface area (Å²) in [7, 11) is 0. The molecule has 0 unspecified atom stereocenters. The number of benzene rings is 3. The van der Waals surface area contributed by atoms with Crippen molar-refractivity contribution in [2.24, 2.45) is 0 Å². The normalized spacial score (nSPS) is 10.6. The zero-order valence-corrected chi connectivity index (χ0v) is 15.3. The van der Waals surface area contributed by atoms with Crippen LogP contribution >= 0.6 is 11.8 Å². The number of carbonyl (C=O) groups is 2. The van der Waals surface area contributed by atoms with E-state index in [2.05, 4.69) is 17.4 Å². The molecule has 3 aromatic rings. The van der Waals surface area contributed by atoms with Crippen LogP contribution in [0.2, 0.25) is 0 Å². The van der Waals surface area contributed by atoms with Gasteiger partial charge in [-0.25, -0.2) is 0 Å². The van der Waals surface area contributed by atoms with Gasteiger partial charge >= 0.3 is 0 Å². The number of hydrogen-bond acceptors (Lipinski definition) is 3. The summed E-state index contributed by atoms with van der Waals surface area (Å²) in [5, 5.41) is 5.03. The van der Waals surface area contributed by atoms with Crippen molar-refractivity contribution < 1.29 is 9.59 Å². The van der Waals surface area contributed by atoms with Crippen molar-refractivity contribution in [2.75, 3.05) is 12.3 Å². The molecule has 0 atom stereocenters. The number of Topliss-reactive ketones (excluding diaryl/α,β-unsaturated/α-hetero) is 1. The van der Waals surface area contributed by atoms with Gasteiger partial charge in [-0.1, -0.05) is 54.6 Å². The second-order valence-corrected chi connectivity index (χ2v) is 7.16. The third kappa shape index (κ3) is 5.20. The fourth-order valence-electron chi connectivity index (χ4n) is 2.70. The van der Waals surface area contributed by atoms with E-state index in [1.165, 1.54) is 4.90 Å². The van der Waals surface area contributed by atoms with E-state index in [1.54, 1.807) is 11.8 Å². The van der Waals surface area contributed by atoms with Gasteiger partial charge in [0, 0.05) is 35.6 Å². The number of hydrogen-bond donors (Lipinski definition) is 1. The number of nitrogens with one attached hydrogen (secondary N) is 1. The molecule has 0 saturated carbocycles. The zero-order chi connectivity index (χ0) is 18.2. The summed E-state index contributed by atoms with van der Waals surface area (Å²) >= 11 is 1.70. The van der Waals surface area contributed by atoms with Crippen LogP contribution < -0.4 is 5.32 Å². The van der Waals surface area contributed by atoms with Gasteiger partial charge in [0.05, 0.1) is 0 Å². The number of ketones is 1. The average Bonchev–Trinajstić information content (AvgIpc) is 2.70. The van der Waals surface area contributed by atoms with E-state index < -0.39 is 0 Å². The molecule has 0 aromatic heterocycles. The largest absolute Gasteiger partial charge is 0.355 e. The highest BCUT2D eigenvalue weighted by Gasteiger charge is 2.09. The lowest BCUT2D eigenvalue weighted by atomic mass is 10.0. The molecule has 0 radical (unpaired) electrons. The fourth-order valence-corrected chi connectivity index (χ4v) is 3.49. The minimum Gasteiger partial charge on any atom is -0.355 e. The highest BCUT2D eigenvalue weighted by atomic mass is 32.2. The average molecular weight is 363 g/mol. The van der Waals surface area contributed by atoms with Crippen LogP contribution in [0.3, 0.4) is 0 Å². The number of carbonyl (C=O) groups excluding carboxylic acids is 2. The first-order valence-corrected chi connectivity index (χ1v) is 9.67. The van der Waals surface area contributed by atoms with E-state index in [4.69, 9.17) is 0 Å². The van der Waals surface area contributed by atoms with Gasteiger partial charge in [-0.2, -0.15) is 0 Å². The molecule has 1 amide bonds. The molecule has 0 fully saturated rings. The molecule has 3 rings (SSSR count). The minimum absolute atomic E-state index is 0.00423. The first-order chi connectivity index (χ1) is 12.7. The highest BCUT2D eigenvalue weighted by Crippen LogP contribution is 2.17. The van der Waals surface area contributed by atoms with Crippen LogP contribution in [0.4, 0.5) is 0 Å². The Kier molecular flexibility index (Phi) is 6.45. The third-order valence-corrected chi connectivity index (χ3v) is 5.10. The maximum Gasteiger partial charge on any atom is 0.220 e. The van der Waals surface area contributed by atoms with Crippen LogP contribution in [-0.2, 0) is 4.79 Å². The van der Waals surface area contributed by atoms with Gasteiger partial charge < -0.3 is 5.32 Å². The Morgan fingerprint density at radius 2 is 1.54 bits per heavy atom. The number of amides is 1. The van der Waals surface area contributed by atoms with Crippen LogP contribution in [0, 0.1) is 0 Å². The number of thioether (sulfide) groups is 1. The number of rotatable bonds is 8. The standard InChI is InChI=1S/C22H21NO2S/c24-21(19-11-10-17-6-4-5-7-18(17)16-19)12-13-22(25)23-14-15-26-20-8-2-1-3-9-20/h1-11,16H,12-15H2,(H,23,25). The molecule has 132 valence electrons. The van der Waals surface area contributed by atoms with Crippen LogP contribution in [0.5, 0.6) is 0 Å². The summed E-state index contributed by atoms with van der Waals surface area (Å²) in [6, 6.07) is 23.7. The van der Waals surface area contributed by atoms with Gasteiger partial charge in [-0.05, 0) is 29.0 Å². The van der Waals surface area contributed by atoms with Crippen LogP contribution in [0.25, 0.3) is 10.8 Å². The van der Waals surface area contributed by atoms with Gasteiger partial charge in [0.2, 0.25) is 5.91 Å². The van der Waals surface area contributed by atoms with E-state index >= 15 is 0 Å². The lowest BCUT2D eigenvalue weighted by Gasteiger charge is -2.06.